The molecule has 0 saturated heterocycles. The Kier molecular flexibility index (Phi) is 4.02. The first-order valence-corrected chi connectivity index (χ1v) is 7.24. The van der Waals surface area contributed by atoms with E-state index in [4.69, 9.17) is 0 Å². The number of amides is 2. The molecule has 19 heavy (non-hydrogen) atoms. The maximum absolute atomic E-state index is 12.0. The van der Waals surface area contributed by atoms with Crippen LogP contribution in [0.5, 0.6) is 0 Å². The van der Waals surface area contributed by atoms with Gasteiger partial charge in [-0.05, 0) is 44.4 Å². The molecule has 0 heterocycles. The molecule has 2 aliphatic carbocycles. The molecule has 0 aliphatic heterocycles. The molecule has 3 N–H and O–H groups in total. The fraction of sp³-hybridized carbons (Fsp3) is 0.857. The Morgan fingerprint density at radius 1 is 1.21 bits per heavy atom. The van der Waals surface area contributed by atoms with Gasteiger partial charge in [0.1, 0.15) is 5.54 Å². The smallest absolute Gasteiger partial charge is 0.329 e. The zero-order valence-corrected chi connectivity index (χ0v) is 11.7. The number of carbonyl (C=O) groups excluding carboxylic acids is 1. The van der Waals surface area contributed by atoms with E-state index in [0.717, 1.165) is 32.1 Å². The fourth-order valence-corrected chi connectivity index (χ4v) is 3.01. The van der Waals surface area contributed by atoms with E-state index in [1.165, 1.54) is 6.42 Å². The zero-order chi connectivity index (χ0) is 14.0. The lowest BCUT2D eigenvalue weighted by Crippen LogP contribution is -2.58. The number of carboxylic acid groups (broad SMARTS) is 1. The second kappa shape index (κ2) is 5.39. The van der Waals surface area contributed by atoms with Crippen LogP contribution in [0.4, 0.5) is 4.79 Å². The van der Waals surface area contributed by atoms with Gasteiger partial charge in [0.25, 0.3) is 0 Å². The molecular formula is C14H24N2O3. The molecule has 2 saturated carbocycles. The molecule has 2 amide bonds. The third kappa shape index (κ3) is 3.39. The maximum atomic E-state index is 12.0. The van der Waals surface area contributed by atoms with Crippen LogP contribution in [-0.2, 0) is 4.79 Å². The standard InChI is InChI=1S/C14H24N2O3/c1-9-4-3-5-11(8-9)15-13(19)16-14(2,12(17)18)10-6-7-10/h9-11H,3-8H2,1-2H3,(H,17,18)(H2,15,16,19). The van der Waals surface area contributed by atoms with Gasteiger partial charge in [0.05, 0.1) is 0 Å². The molecule has 0 aromatic carbocycles. The maximum Gasteiger partial charge on any atom is 0.329 e. The van der Waals surface area contributed by atoms with Crippen molar-refractivity contribution in [3.05, 3.63) is 0 Å². The number of rotatable bonds is 4. The highest BCUT2D eigenvalue weighted by Crippen LogP contribution is 2.39. The fourth-order valence-electron chi connectivity index (χ4n) is 3.01. The van der Waals surface area contributed by atoms with Crippen molar-refractivity contribution in [2.75, 3.05) is 0 Å². The van der Waals surface area contributed by atoms with Crippen molar-refractivity contribution in [1.29, 1.82) is 0 Å². The van der Waals surface area contributed by atoms with E-state index in [0.29, 0.717) is 5.92 Å². The van der Waals surface area contributed by atoms with E-state index in [2.05, 4.69) is 17.6 Å². The van der Waals surface area contributed by atoms with Crippen molar-refractivity contribution in [1.82, 2.24) is 10.6 Å². The van der Waals surface area contributed by atoms with E-state index < -0.39 is 11.5 Å². The van der Waals surface area contributed by atoms with Crippen LogP contribution in [0.1, 0.15) is 52.4 Å². The summed E-state index contributed by atoms with van der Waals surface area (Å²) >= 11 is 0. The van der Waals surface area contributed by atoms with Gasteiger partial charge in [-0.1, -0.05) is 19.8 Å². The molecule has 2 rings (SSSR count). The van der Waals surface area contributed by atoms with E-state index in [-0.39, 0.29) is 18.0 Å². The number of carbonyl (C=O) groups is 2. The first kappa shape index (κ1) is 14.2. The number of aliphatic carboxylic acids is 1. The number of urea groups is 1. The van der Waals surface area contributed by atoms with E-state index in [1.54, 1.807) is 6.92 Å². The average Bonchev–Trinajstić information content (AvgIpc) is 3.12. The second-order valence-electron chi connectivity index (χ2n) is 6.35. The summed E-state index contributed by atoms with van der Waals surface area (Å²) in [6.45, 7) is 3.80. The lowest BCUT2D eigenvalue weighted by Gasteiger charge is -2.30. The molecule has 0 aromatic rings. The van der Waals surface area contributed by atoms with Gasteiger partial charge in [-0.2, -0.15) is 0 Å². The van der Waals surface area contributed by atoms with Gasteiger partial charge in [0.2, 0.25) is 0 Å². The lowest BCUT2D eigenvalue weighted by molar-refractivity contribution is -0.144. The molecule has 108 valence electrons. The SMILES string of the molecule is CC1CCCC(NC(=O)NC(C)(C(=O)O)C2CC2)C1. The van der Waals surface area contributed by atoms with Crippen molar-refractivity contribution >= 4 is 12.0 Å². The molecule has 3 atom stereocenters. The van der Waals surface area contributed by atoms with Gasteiger partial charge in [0.15, 0.2) is 0 Å². The second-order valence-corrected chi connectivity index (χ2v) is 6.35. The van der Waals surface area contributed by atoms with Crippen molar-refractivity contribution in [3.8, 4) is 0 Å². The van der Waals surface area contributed by atoms with Crippen LogP contribution in [0.15, 0.2) is 0 Å². The highest BCUT2D eigenvalue weighted by atomic mass is 16.4. The Balaban J connectivity index is 1.87. The number of hydrogen-bond donors (Lipinski definition) is 3. The predicted octanol–water partition coefficient (Wildman–Crippen LogP) is 2.12. The normalized spacial score (nSPS) is 30.2. The van der Waals surface area contributed by atoms with Crippen LogP contribution in [-0.4, -0.2) is 28.7 Å². The molecular weight excluding hydrogens is 244 g/mol. The van der Waals surface area contributed by atoms with Crippen LogP contribution in [0.3, 0.4) is 0 Å². The summed E-state index contributed by atoms with van der Waals surface area (Å²) in [4.78, 5) is 23.3. The Morgan fingerprint density at radius 3 is 2.42 bits per heavy atom. The largest absolute Gasteiger partial charge is 0.480 e. The van der Waals surface area contributed by atoms with Gasteiger partial charge < -0.3 is 15.7 Å². The molecule has 0 aromatic heterocycles. The minimum atomic E-state index is -1.12. The van der Waals surface area contributed by atoms with Crippen molar-refractivity contribution in [2.24, 2.45) is 11.8 Å². The minimum Gasteiger partial charge on any atom is -0.480 e. The van der Waals surface area contributed by atoms with Crippen LogP contribution in [0.25, 0.3) is 0 Å². The van der Waals surface area contributed by atoms with Gasteiger partial charge in [0, 0.05) is 6.04 Å². The molecule has 2 aliphatic rings. The lowest BCUT2D eigenvalue weighted by atomic mass is 9.87. The number of carboxylic acids is 1. The quantitative estimate of drug-likeness (QED) is 0.730. The van der Waals surface area contributed by atoms with Gasteiger partial charge >= 0.3 is 12.0 Å². The molecule has 0 radical (unpaired) electrons. The van der Waals surface area contributed by atoms with Crippen molar-refractivity contribution in [2.45, 2.75) is 64.0 Å². The summed E-state index contributed by atoms with van der Waals surface area (Å²) in [5.74, 6) is -0.239. The Morgan fingerprint density at radius 2 is 1.89 bits per heavy atom. The molecule has 3 unspecified atom stereocenters. The Hall–Kier alpha value is -1.26. The monoisotopic (exact) mass is 268 g/mol. The highest BCUT2D eigenvalue weighted by molar-refractivity contribution is 5.86. The molecule has 0 spiro atoms. The van der Waals surface area contributed by atoms with Gasteiger partial charge in [-0.3, -0.25) is 0 Å². The van der Waals surface area contributed by atoms with E-state index in [9.17, 15) is 14.7 Å². The number of nitrogens with one attached hydrogen (secondary N) is 2. The summed E-state index contributed by atoms with van der Waals surface area (Å²) < 4.78 is 0. The van der Waals surface area contributed by atoms with Crippen LogP contribution >= 0.6 is 0 Å². The molecule has 2 fully saturated rings. The summed E-state index contributed by atoms with van der Waals surface area (Å²) in [5, 5.41) is 14.9. The Labute approximate surface area is 114 Å². The first-order chi connectivity index (χ1) is 8.91. The molecule has 5 nitrogen and oxygen atoms in total. The highest BCUT2D eigenvalue weighted by Gasteiger charge is 2.48. The minimum absolute atomic E-state index is 0.0704. The predicted molar refractivity (Wildman–Crippen MR) is 71.9 cm³/mol. The summed E-state index contributed by atoms with van der Waals surface area (Å²) in [6.07, 6.45) is 6.08. The first-order valence-electron chi connectivity index (χ1n) is 7.24. The van der Waals surface area contributed by atoms with Crippen LogP contribution < -0.4 is 10.6 Å². The Bertz CT molecular complexity index is 368. The van der Waals surface area contributed by atoms with Gasteiger partial charge in [-0.15, -0.1) is 0 Å². The third-order valence-electron chi connectivity index (χ3n) is 4.48. The van der Waals surface area contributed by atoms with Crippen LogP contribution in [0.2, 0.25) is 0 Å². The van der Waals surface area contributed by atoms with E-state index in [1.807, 2.05) is 0 Å². The van der Waals surface area contributed by atoms with E-state index >= 15 is 0 Å². The molecule has 0 bridgehead atoms. The number of hydrogen-bond acceptors (Lipinski definition) is 2. The molecule has 5 heteroatoms. The van der Waals surface area contributed by atoms with Gasteiger partial charge in [-0.25, -0.2) is 9.59 Å². The summed E-state index contributed by atoms with van der Waals surface area (Å²) in [6, 6.07) is -0.156. The van der Waals surface area contributed by atoms with Crippen molar-refractivity contribution in [3.63, 3.8) is 0 Å². The third-order valence-corrected chi connectivity index (χ3v) is 4.48. The summed E-state index contributed by atoms with van der Waals surface area (Å²) in [7, 11) is 0. The van der Waals surface area contributed by atoms with Crippen molar-refractivity contribution < 1.29 is 14.7 Å². The summed E-state index contributed by atoms with van der Waals surface area (Å²) in [5.41, 5.74) is -1.12. The average molecular weight is 268 g/mol. The topological polar surface area (TPSA) is 78.4 Å². The van der Waals surface area contributed by atoms with Crippen LogP contribution in [0, 0.1) is 11.8 Å². The zero-order valence-electron chi connectivity index (χ0n) is 11.7.